The molecule has 6 aliphatic rings. The van der Waals surface area contributed by atoms with Crippen molar-refractivity contribution in [1.29, 1.82) is 10.7 Å². The van der Waals surface area contributed by atoms with Gasteiger partial charge in [0.15, 0.2) is 12.0 Å². The molecule has 326 valence electrons. The smallest absolute Gasteiger partial charge is 0.466 e. The van der Waals surface area contributed by atoms with Gasteiger partial charge in [0, 0.05) is 29.1 Å². The number of nitrogens with one attached hydrogen (secondary N) is 1. The van der Waals surface area contributed by atoms with Crippen LogP contribution in [0.5, 0.6) is 6.01 Å². The molecule has 4 aliphatic carbocycles. The van der Waals surface area contributed by atoms with E-state index in [1.807, 2.05) is 24.7 Å². The van der Waals surface area contributed by atoms with Gasteiger partial charge in [-0.1, -0.05) is 44.2 Å². The number of carbonyl (C=O) groups is 2. The average Bonchev–Trinajstić information content (AvgIpc) is 3.90. The van der Waals surface area contributed by atoms with Crippen LogP contribution in [0.2, 0.25) is 0 Å². The Morgan fingerprint density at radius 1 is 1.03 bits per heavy atom. The molecule has 19 heteroatoms. The van der Waals surface area contributed by atoms with E-state index in [1.165, 1.54) is 17.7 Å². The molecule has 4 heterocycles. The van der Waals surface area contributed by atoms with E-state index in [0.29, 0.717) is 29.6 Å². The highest BCUT2D eigenvalue weighted by molar-refractivity contribution is 7.45. The topological polar surface area (TPSA) is 298 Å². The molecule has 18 nitrogen and oxygen atoms in total. The highest BCUT2D eigenvalue weighted by atomic mass is 31.2. The Bertz CT molecular complexity index is 2340. The van der Waals surface area contributed by atoms with Gasteiger partial charge in [-0.3, -0.25) is 19.6 Å². The van der Waals surface area contributed by atoms with Crippen LogP contribution in [-0.2, 0) is 25.3 Å². The van der Waals surface area contributed by atoms with Gasteiger partial charge in [0.25, 0.3) is 0 Å². The number of carbonyl (C=O) groups excluding carboxylic acids is 2. The molecule has 1 aromatic carbocycles. The number of benzene rings is 1. The summed E-state index contributed by atoms with van der Waals surface area (Å²) < 4.78 is 17.3. The lowest BCUT2D eigenvalue weighted by Crippen LogP contribution is -2.50. The molecular formula is C42H52N7O11P. The minimum Gasteiger partial charge on any atom is -0.480 e. The minimum atomic E-state index is -4.64. The summed E-state index contributed by atoms with van der Waals surface area (Å²) in [7, 11) is -4.64. The fourth-order valence-electron chi connectivity index (χ4n) is 10.1. The Balaban J connectivity index is 0.000000146. The van der Waals surface area contributed by atoms with Crippen molar-refractivity contribution in [1.82, 2.24) is 24.1 Å². The number of rotatable bonds is 3. The third-order valence-corrected chi connectivity index (χ3v) is 13.2. The number of hydrogen-bond acceptors (Lipinski definition) is 13. The SMILES string of the molecule is C=C1C[C@@H]2[C@H](CC[C@]3(C)C(=O)CC[C@@H]23)[C@@]2(C)C=CC(=O)C=C12.N#Cc1ccc(C2CCCc3cncn32)cc1.N=c1ncn([C@@H]2O[C@H](CO)[C@@H](O)[C@@H]2O)c(O)n1.O=P(O)(O)O. The van der Waals surface area contributed by atoms with Crippen LogP contribution in [0.4, 0.5) is 0 Å². The van der Waals surface area contributed by atoms with Crippen LogP contribution in [0.3, 0.4) is 0 Å². The maximum Gasteiger partial charge on any atom is 0.466 e. The van der Waals surface area contributed by atoms with Crippen molar-refractivity contribution in [3.63, 3.8) is 0 Å². The summed E-state index contributed by atoms with van der Waals surface area (Å²) in [4.78, 5) is 56.9. The fraction of sp³-hybridized carbons (Fsp3) is 0.500. The average molecular weight is 862 g/mol. The molecule has 10 atom stereocenters. The van der Waals surface area contributed by atoms with E-state index in [1.54, 1.807) is 12.2 Å². The van der Waals surface area contributed by atoms with Gasteiger partial charge in [-0.25, -0.2) is 14.5 Å². The van der Waals surface area contributed by atoms with Crippen LogP contribution in [0.25, 0.3) is 0 Å². The molecule has 0 radical (unpaired) electrons. The first kappa shape index (κ1) is 45.6. The largest absolute Gasteiger partial charge is 0.480 e. The van der Waals surface area contributed by atoms with Gasteiger partial charge in [-0.05, 0) is 98.1 Å². The molecule has 0 amide bonds. The number of Topliss-reactive ketones (excluding diaryl/α,β-unsaturated/α-hetero) is 1. The third-order valence-electron chi connectivity index (χ3n) is 13.2. The highest BCUT2D eigenvalue weighted by Crippen LogP contribution is 2.64. The summed E-state index contributed by atoms with van der Waals surface area (Å²) in [6.45, 7) is 8.28. The Hall–Kier alpha value is -4.96. The van der Waals surface area contributed by atoms with Crippen LogP contribution < -0.4 is 5.62 Å². The maximum atomic E-state index is 12.4. The van der Waals surface area contributed by atoms with E-state index in [9.17, 15) is 24.9 Å². The van der Waals surface area contributed by atoms with E-state index < -0.39 is 45.0 Å². The molecule has 4 fully saturated rings. The van der Waals surface area contributed by atoms with Crippen molar-refractivity contribution in [2.75, 3.05) is 6.61 Å². The number of nitrogens with zero attached hydrogens (tertiary/aromatic N) is 6. The van der Waals surface area contributed by atoms with Gasteiger partial charge in [-0.15, -0.1) is 0 Å². The summed E-state index contributed by atoms with van der Waals surface area (Å²) in [5.74, 6) is 2.14. The number of fused-ring (bicyclic) bond motifs is 6. The highest BCUT2D eigenvalue weighted by Gasteiger charge is 2.59. The van der Waals surface area contributed by atoms with Crippen LogP contribution in [-0.4, -0.2) is 95.7 Å². The molecule has 0 bridgehead atoms. The lowest BCUT2D eigenvalue weighted by Gasteiger charge is -2.56. The van der Waals surface area contributed by atoms with Gasteiger partial charge in [-0.2, -0.15) is 10.2 Å². The molecule has 0 spiro atoms. The number of aromatic hydroxyl groups is 1. The minimum absolute atomic E-state index is 0.0686. The second-order valence-electron chi connectivity index (χ2n) is 16.7. The van der Waals surface area contributed by atoms with Gasteiger partial charge < -0.3 is 44.4 Å². The zero-order valence-corrected chi connectivity index (χ0v) is 34.8. The maximum absolute atomic E-state index is 12.4. The lowest BCUT2D eigenvalue weighted by molar-refractivity contribution is -0.131. The van der Waals surface area contributed by atoms with Crippen molar-refractivity contribution in [3.8, 4) is 12.1 Å². The summed E-state index contributed by atoms with van der Waals surface area (Å²) in [6, 6.07) is 9.85. The molecular weight excluding hydrogens is 809 g/mol. The van der Waals surface area contributed by atoms with Crippen LogP contribution in [0.15, 0.2) is 79.1 Å². The van der Waals surface area contributed by atoms with Gasteiger partial charge in [0.2, 0.25) is 5.62 Å². The lowest BCUT2D eigenvalue weighted by atomic mass is 9.48. The number of nitriles is 1. The summed E-state index contributed by atoms with van der Waals surface area (Å²) in [5.41, 5.74) is 5.00. The molecule has 1 unspecified atom stereocenters. The standard InChI is InChI=1S/C20H24O2.C14H13N3.C8H12N4O5.H3O4P/c1-12-10-14-15-4-5-18(22)20(15,3)9-7-16(14)19(2)8-6-13(21)11-17(12)19;15-8-11-4-6-12(7-5-11)14-3-1-2-13-9-16-10-17(13)14;9-7-10-2-12(8(16)11-7)6-5(15)4(14)3(1-13)17-6;1-5(2,3)4/h6,8,11,14-16H,1,4-5,7,9-10H2,2-3H3;4-7,9-10,14H,1-3H2;2-6,13-15H,1H2,(H2,9,11,16);(H3,1,2,3,4)/t14-,15-,16-,19+,20-;;3-,4-,5+,6-;/m0.1./s1. The van der Waals surface area contributed by atoms with E-state index in [2.05, 4.69) is 64.2 Å². The van der Waals surface area contributed by atoms with Crippen molar-refractivity contribution < 1.29 is 54.0 Å². The number of aryl methyl sites for hydroxylation is 1. The van der Waals surface area contributed by atoms with Gasteiger partial charge in [0.05, 0.1) is 30.6 Å². The molecule has 3 saturated carbocycles. The number of aliphatic hydroxyl groups is 3. The number of ketones is 2. The van der Waals surface area contributed by atoms with Crippen molar-refractivity contribution in [3.05, 3.63) is 102 Å². The van der Waals surface area contributed by atoms with E-state index in [-0.39, 0.29) is 22.2 Å². The summed E-state index contributed by atoms with van der Waals surface area (Å²) in [6.07, 6.45) is 14.2. The first-order valence-corrected chi connectivity index (χ1v) is 21.6. The zero-order chi connectivity index (χ0) is 44.4. The molecule has 1 saturated heterocycles. The molecule has 2 aromatic heterocycles. The van der Waals surface area contributed by atoms with Gasteiger partial charge in [0.1, 0.15) is 30.4 Å². The monoisotopic (exact) mass is 861 g/mol. The molecule has 2 aliphatic heterocycles. The number of hydrogen-bond donors (Lipinski definition) is 8. The van der Waals surface area contributed by atoms with Crippen LogP contribution in [0.1, 0.15) is 87.9 Å². The Kier molecular flexibility index (Phi) is 13.6. The number of aliphatic hydroxyl groups excluding tert-OH is 3. The van der Waals surface area contributed by atoms with Crippen LogP contribution >= 0.6 is 7.82 Å². The first-order chi connectivity index (χ1) is 28.8. The number of imidazole rings is 1. The fourth-order valence-corrected chi connectivity index (χ4v) is 10.1. The predicted molar refractivity (Wildman–Crippen MR) is 215 cm³/mol. The second-order valence-corrected chi connectivity index (χ2v) is 17.8. The molecule has 3 aromatic rings. The molecule has 9 rings (SSSR count). The van der Waals surface area contributed by atoms with Crippen molar-refractivity contribution >= 4 is 19.4 Å². The van der Waals surface area contributed by atoms with Crippen molar-refractivity contribution in [2.45, 2.75) is 95.8 Å². The predicted octanol–water partition coefficient (Wildman–Crippen LogP) is 2.86. The zero-order valence-electron chi connectivity index (χ0n) is 33.9. The number of allylic oxidation sites excluding steroid dienone is 5. The summed E-state index contributed by atoms with van der Waals surface area (Å²) in [5, 5.41) is 53.5. The quantitative estimate of drug-likeness (QED) is 0.176. The number of ether oxygens (including phenoxy) is 1. The second kappa shape index (κ2) is 18.2. The normalized spacial score (nSPS) is 32.2. The number of aromatic nitrogens is 5. The van der Waals surface area contributed by atoms with E-state index in [4.69, 9.17) is 39.8 Å². The third kappa shape index (κ3) is 9.59. The summed E-state index contributed by atoms with van der Waals surface area (Å²) >= 11 is 0. The van der Waals surface area contributed by atoms with Crippen molar-refractivity contribution in [2.24, 2.45) is 28.6 Å². The Labute approximate surface area is 352 Å². The molecule has 8 N–H and O–H groups in total. The van der Waals surface area contributed by atoms with E-state index >= 15 is 0 Å². The Morgan fingerprint density at radius 2 is 1.74 bits per heavy atom. The Morgan fingerprint density at radius 3 is 2.38 bits per heavy atom. The number of phosphoric acid groups is 1. The first-order valence-electron chi connectivity index (χ1n) is 20.1. The van der Waals surface area contributed by atoms with E-state index in [0.717, 1.165) is 72.5 Å². The van der Waals surface area contributed by atoms with Gasteiger partial charge >= 0.3 is 13.8 Å². The van der Waals surface area contributed by atoms with Crippen LogP contribution in [0, 0.1) is 45.3 Å². The molecule has 61 heavy (non-hydrogen) atoms.